The summed E-state index contributed by atoms with van der Waals surface area (Å²) in [6.07, 6.45) is 0. The molecule has 3 aromatic heterocycles. The van der Waals surface area contributed by atoms with Gasteiger partial charge in [-0.25, -0.2) is 0 Å². The molecule has 0 spiro atoms. The average molecular weight is 1690 g/mol. The molecule has 0 unspecified atom stereocenters. The minimum atomic E-state index is -0.734. The quantitative estimate of drug-likeness (QED) is 0.148. The summed E-state index contributed by atoms with van der Waals surface area (Å²) in [5, 5.41) is 1.09. The third kappa shape index (κ3) is 12.6. The van der Waals surface area contributed by atoms with Crippen molar-refractivity contribution in [1.29, 1.82) is 0 Å². The number of anilines is 6. The van der Waals surface area contributed by atoms with Gasteiger partial charge in [-0.3, -0.25) is 0 Å². The second kappa shape index (κ2) is 29.3. The molecular weight excluding hydrogens is 1570 g/mol. The van der Waals surface area contributed by atoms with E-state index in [0.717, 1.165) is 183 Å². The van der Waals surface area contributed by atoms with Crippen molar-refractivity contribution in [3.63, 3.8) is 0 Å². The van der Waals surface area contributed by atoms with Crippen molar-refractivity contribution in [3.05, 3.63) is 410 Å². The minimum absolute atomic E-state index is 0.147. The molecule has 13 bridgehead atoms. The number of nitrogens with zero attached hydrogens (tertiary/aromatic N) is 5. The Morgan fingerprint density at radius 2 is 0.577 bits per heavy atom. The van der Waals surface area contributed by atoms with Crippen LogP contribution in [0, 0.1) is 0 Å². The van der Waals surface area contributed by atoms with Gasteiger partial charge >= 0.3 is 0 Å². The predicted molar refractivity (Wildman–Crippen MR) is 555 cm³/mol. The van der Waals surface area contributed by atoms with Crippen molar-refractivity contribution >= 4 is 123 Å². The number of hydrogen-bond acceptors (Lipinski definition) is 2. The Bertz CT molecular complexity index is 9160. The highest BCUT2D eigenvalue weighted by Crippen LogP contribution is 2.57. The van der Waals surface area contributed by atoms with Gasteiger partial charge in [-0.2, -0.15) is 0 Å². The molecule has 0 aliphatic carbocycles. The molecule has 0 amide bonds. The van der Waals surface area contributed by atoms with Gasteiger partial charge in [0.05, 0.1) is 65.0 Å². The van der Waals surface area contributed by atoms with E-state index >= 15 is 0 Å². The highest BCUT2D eigenvalue weighted by atomic mass is 15.2. The van der Waals surface area contributed by atoms with Gasteiger partial charge in [-0.05, 0) is 273 Å². The van der Waals surface area contributed by atoms with E-state index in [1.165, 1.54) is 5.56 Å². The van der Waals surface area contributed by atoms with Crippen LogP contribution in [0.2, 0.25) is 0 Å². The first kappa shape index (κ1) is 63.9. The maximum Gasteiger partial charge on any atom is 0.252 e. The Hall–Kier alpha value is -15.0. The fourth-order valence-electron chi connectivity index (χ4n) is 20.5. The monoisotopic (exact) mass is 1680 g/mol. The van der Waals surface area contributed by atoms with E-state index in [9.17, 15) is 15.1 Å². The van der Waals surface area contributed by atoms with Gasteiger partial charge in [0, 0.05) is 94.4 Å². The normalized spacial score (nSPS) is 14.6. The lowest BCUT2D eigenvalue weighted by molar-refractivity contribution is 0.590. The summed E-state index contributed by atoms with van der Waals surface area (Å²) in [5.74, 6) is 0. The van der Waals surface area contributed by atoms with E-state index in [4.69, 9.17) is 5.48 Å². The van der Waals surface area contributed by atoms with Crippen LogP contribution >= 0.6 is 0 Å². The van der Waals surface area contributed by atoms with Crippen molar-refractivity contribution in [3.8, 4) is 106 Å². The second-order valence-electron chi connectivity index (χ2n) is 39.4. The predicted octanol–water partition coefficient (Wildman–Crippen LogP) is 31.9. The third-order valence-corrected chi connectivity index (χ3v) is 27.2. The standard InChI is InChI=1S/C124H100BN5/c1-121(2,3)89-44-31-45-93(68-89)126-111-59-53-84-65-103(111)104-66-85(54-60-112(104)126)83-41-30-43-88(64-83)102-72-91(123(7,8)9)70-100(79-36-20-15-21-37-79)120(102)130-115-76-95(128-110-51-27-24-48-98(110)105-75-94(56-61-113(105)128)127-108-49-25-22-46-96(108)97-47-23-26-50-109(97)127)55-58-107(115)125-106-57-52-86(81-39-28-38-80(62-81)77-32-16-13-17-33-77)67-114(106)129(116-73-92(124(10,11)12)74-117(130)118(116)125)119-99(78-34-18-14-19-35-78)69-90(122(4,5)6)71-101(119)87-42-29-40-82(84)63-87/h13-76H,1-12H3/i22D,23D,24D,25D,26D,27D,46D,47D,48D,49D,50D,51D,56D,61D,75D. The van der Waals surface area contributed by atoms with Gasteiger partial charge < -0.3 is 23.5 Å². The maximum atomic E-state index is 10.9. The maximum absolute atomic E-state index is 10.9. The molecule has 0 saturated carbocycles. The summed E-state index contributed by atoms with van der Waals surface area (Å²) in [6, 6.07) is 99.0. The topological polar surface area (TPSA) is 21.3 Å². The van der Waals surface area contributed by atoms with E-state index in [0.29, 0.717) is 5.69 Å². The minimum Gasteiger partial charge on any atom is -0.310 e. The number of fused-ring (bicyclic) bond motifs is 26. The Morgan fingerprint density at radius 3 is 1.07 bits per heavy atom. The Morgan fingerprint density at radius 1 is 0.223 bits per heavy atom. The van der Waals surface area contributed by atoms with E-state index in [-0.39, 0.29) is 43.7 Å². The van der Waals surface area contributed by atoms with Gasteiger partial charge in [-0.1, -0.05) is 326 Å². The summed E-state index contributed by atoms with van der Waals surface area (Å²) >= 11 is 0. The Kier molecular flexibility index (Phi) is 14.4. The average Bonchev–Trinajstić information content (AvgIpc) is 1.29. The van der Waals surface area contributed by atoms with Gasteiger partial charge in [0.15, 0.2) is 0 Å². The summed E-state index contributed by atoms with van der Waals surface area (Å²) in [6.45, 7) is 26.6. The molecule has 6 heteroatoms. The van der Waals surface area contributed by atoms with E-state index < -0.39 is 130 Å². The molecule has 21 aromatic rings. The van der Waals surface area contributed by atoms with Crippen LogP contribution in [0.25, 0.3) is 171 Å². The van der Waals surface area contributed by atoms with Gasteiger partial charge in [0.2, 0.25) is 0 Å². The molecule has 3 aliphatic rings. The summed E-state index contributed by atoms with van der Waals surface area (Å²) in [5.41, 5.74) is 27.9. The highest BCUT2D eigenvalue weighted by Gasteiger charge is 2.47. The summed E-state index contributed by atoms with van der Waals surface area (Å²) < 4.78 is 152. The number of rotatable bonds is 7. The smallest absolute Gasteiger partial charge is 0.252 e. The van der Waals surface area contributed by atoms with Gasteiger partial charge in [0.25, 0.3) is 6.71 Å². The van der Waals surface area contributed by atoms with Crippen molar-refractivity contribution in [1.82, 2.24) is 13.7 Å². The van der Waals surface area contributed by atoms with Crippen LogP contribution in [-0.2, 0) is 21.7 Å². The van der Waals surface area contributed by atoms with Crippen molar-refractivity contribution < 1.29 is 20.6 Å². The molecule has 0 N–H and O–H groups in total. The zero-order valence-electron chi connectivity index (χ0n) is 89.6. The molecule has 6 heterocycles. The molecule has 5 nitrogen and oxygen atoms in total. The van der Waals surface area contributed by atoms with Crippen LogP contribution in [-0.4, -0.2) is 20.4 Å². The van der Waals surface area contributed by atoms with Crippen LogP contribution < -0.4 is 26.2 Å². The zero-order valence-corrected chi connectivity index (χ0v) is 74.6. The van der Waals surface area contributed by atoms with Crippen molar-refractivity contribution in [2.45, 2.75) is 105 Å². The number of benzene rings is 18. The van der Waals surface area contributed by atoms with E-state index in [2.05, 4.69) is 370 Å². The fourth-order valence-corrected chi connectivity index (χ4v) is 20.5. The molecular formula is C124H100BN5. The Labute approximate surface area is 783 Å². The Balaban J connectivity index is 0.888. The largest absolute Gasteiger partial charge is 0.310 e. The van der Waals surface area contributed by atoms with Crippen LogP contribution in [0.1, 0.15) is 126 Å². The molecule has 0 fully saturated rings. The molecule has 624 valence electrons. The van der Waals surface area contributed by atoms with Crippen LogP contribution in [0.5, 0.6) is 0 Å². The first-order valence-corrected chi connectivity index (χ1v) is 44.9. The first-order valence-electron chi connectivity index (χ1n) is 52.4. The fraction of sp³-hybridized carbons (Fsp3) is 0.129. The van der Waals surface area contributed by atoms with E-state index in [1.807, 2.05) is 24.3 Å². The first-order chi connectivity index (χ1) is 69.2. The summed E-state index contributed by atoms with van der Waals surface area (Å²) in [4.78, 5) is 5.03. The SMILES string of the molecule is [2H]c1c([2H])c([2H])c2c(c1[2H])c1c([2H])c(-n3c4c([2H])c([2H])c([2H])c([2H])c4c4c([2H])c([2H])c([2H])c([2H])c43)c([2H])c([2H])c1n2-c1ccc2c(c1)N1c3cc(C(C)(C)C)cc4c3B2c2ccc(-c3cccc(-c5ccccc5)c3)cc2N4c2c(-c3ccccc3)cc(C(C)(C)C)cc2-c2cccc(c2)-c2ccc3c(c2)c2cc(ccc2n3-c2cccc(C(C)(C)C)c2)-c2cccc(c2)-c2cc(C(C)(C)C)cc(-c3ccccc3)c21. The lowest BCUT2D eigenvalue weighted by atomic mass is 9.33. The van der Waals surface area contributed by atoms with Crippen LogP contribution in [0.3, 0.4) is 0 Å². The number of aromatic nitrogens is 3. The lowest BCUT2D eigenvalue weighted by Gasteiger charge is -2.47. The van der Waals surface area contributed by atoms with Crippen molar-refractivity contribution in [2.75, 3.05) is 9.80 Å². The molecule has 0 saturated heterocycles. The number of para-hydroxylation sites is 3. The molecule has 18 aromatic carbocycles. The zero-order chi connectivity index (χ0) is 101. The second-order valence-corrected chi connectivity index (χ2v) is 39.4. The molecule has 3 aliphatic heterocycles. The van der Waals surface area contributed by atoms with Crippen LogP contribution in [0.15, 0.2) is 388 Å². The molecule has 130 heavy (non-hydrogen) atoms. The lowest BCUT2D eigenvalue weighted by Crippen LogP contribution is -2.61. The van der Waals surface area contributed by atoms with E-state index in [1.54, 1.807) is 4.57 Å². The summed E-state index contributed by atoms with van der Waals surface area (Å²) in [7, 11) is 0. The van der Waals surface area contributed by atoms with Crippen molar-refractivity contribution in [2.24, 2.45) is 0 Å². The third-order valence-electron chi connectivity index (χ3n) is 27.2. The van der Waals surface area contributed by atoms with Crippen LogP contribution in [0.4, 0.5) is 34.1 Å². The number of hydrogen-bond donors (Lipinski definition) is 0. The van der Waals surface area contributed by atoms with Gasteiger partial charge in [0.1, 0.15) is 0 Å². The molecule has 24 rings (SSSR count). The molecule has 0 radical (unpaired) electrons. The highest BCUT2D eigenvalue weighted by molar-refractivity contribution is 7.00. The van der Waals surface area contributed by atoms with Gasteiger partial charge in [-0.15, -0.1) is 0 Å². The molecule has 0 atom stereocenters.